The molecule has 41 heavy (non-hydrogen) atoms. The van der Waals surface area contributed by atoms with Gasteiger partial charge in [0.25, 0.3) is 0 Å². The number of guanidine groups is 1. The van der Waals surface area contributed by atoms with Gasteiger partial charge in [-0.15, -0.1) is 13.2 Å². The lowest BCUT2D eigenvalue weighted by molar-refractivity contribution is -0.274. The summed E-state index contributed by atoms with van der Waals surface area (Å²) in [5, 5.41) is 9.40. The van der Waals surface area contributed by atoms with Crippen LogP contribution in [-0.4, -0.2) is 43.7 Å². The van der Waals surface area contributed by atoms with Gasteiger partial charge in [-0.05, 0) is 80.3 Å². The molecule has 0 aromatic heterocycles. The van der Waals surface area contributed by atoms with E-state index < -0.39 is 12.5 Å². The highest BCUT2D eigenvalue weighted by atomic mass is 19.4. The summed E-state index contributed by atoms with van der Waals surface area (Å²) in [6.07, 6.45) is 0.0841. The lowest BCUT2D eigenvalue weighted by Crippen LogP contribution is -2.51. The van der Waals surface area contributed by atoms with E-state index in [-0.39, 0.29) is 23.8 Å². The third kappa shape index (κ3) is 8.63. The van der Waals surface area contributed by atoms with E-state index in [1.165, 1.54) is 17.0 Å². The molecule has 10 nitrogen and oxygen atoms in total. The third-order valence-corrected chi connectivity index (χ3v) is 6.46. The van der Waals surface area contributed by atoms with Crippen LogP contribution in [0.25, 0.3) is 5.70 Å². The molecule has 2 amide bonds. The van der Waals surface area contributed by atoms with Crippen molar-refractivity contribution < 1.29 is 22.7 Å². The Balaban J connectivity index is 1.47. The van der Waals surface area contributed by atoms with Crippen LogP contribution < -0.4 is 42.8 Å². The normalized spacial score (nSPS) is 17.1. The number of fused-ring (bicyclic) bond motifs is 1. The molecule has 220 valence electrons. The van der Waals surface area contributed by atoms with Crippen LogP contribution in [0.5, 0.6) is 5.75 Å². The van der Waals surface area contributed by atoms with Crippen molar-refractivity contribution in [3.05, 3.63) is 77.0 Å². The zero-order valence-electron chi connectivity index (χ0n) is 22.7. The van der Waals surface area contributed by atoms with E-state index in [4.69, 9.17) is 17.2 Å². The Kier molecular flexibility index (Phi) is 9.40. The SMILES string of the molecule is C[C@@H](N)CCc1cc(OC(F)(F)F)cc(C2=CC3=CN(c4ccc(CNCCCN=C(N)N)cc4)C(=O)NC3N2)c1. The van der Waals surface area contributed by atoms with Crippen molar-refractivity contribution >= 4 is 23.4 Å². The quantitative estimate of drug-likeness (QED) is 0.130. The zero-order chi connectivity index (χ0) is 29.6. The van der Waals surface area contributed by atoms with Gasteiger partial charge < -0.3 is 37.9 Å². The number of nitrogens with two attached hydrogens (primary N) is 3. The summed E-state index contributed by atoms with van der Waals surface area (Å²) in [5.41, 5.74) is 20.7. The molecule has 0 fully saturated rings. The van der Waals surface area contributed by atoms with Gasteiger partial charge in [-0.1, -0.05) is 12.1 Å². The maximum absolute atomic E-state index is 13.0. The molecule has 0 spiro atoms. The Morgan fingerprint density at radius 3 is 2.59 bits per heavy atom. The number of hydrogen-bond donors (Lipinski definition) is 6. The highest BCUT2D eigenvalue weighted by Gasteiger charge is 2.33. The first-order chi connectivity index (χ1) is 19.5. The summed E-state index contributed by atoms with van der Waals surface area (Å²) < 4.78 is 43.2. The number of amides is 2. The largest absolute Gasteiger partial charge is 0.573 e. The van der Waals surface area contributed by atoms with E-state index >= 15 is 0 Å². The predicted octanol–water partition coefficient (Wildman–Crippen LogP) is 3.00. The van der Waals surface area contributed by atoms with Gasteiger partial charge in [-0.2, -0.15) is 0 Å². The summed E-state index contributed by atoms with van der Waals surface area (Å²) >= 11 is 0. The molecule has 9 N–H and O–H groups in total. The number of nitrogens with zero attached hydrogens (tertiary/aromatic N) is 2. The molecule has 2 aliphatic heterocycles. The second kappa shape index (κ2) is 13.0. The predicted molar refractivity (Wildman–Crippen MR) is 153 cm³/mol. The molecule has 1 unspecified atom stereocenters. The highest BCUT2D eigenvalue weighted by Crippen LogP contribution is 2.32. The van der Waals surface area contributed by atoms with Crippen molar-refractivity contribution in [2.45, 2.75) is 51.3 Å². The number of nitrogens with one attached hydrogen (secondary N) is 3. The lowest BCUT2D eigenvalue weighted by atomic mass is 10.0. The molecule has 2 aliphatic rings. The number of carbonyl (C=O) groups is 1. The van der Waals surface area contributed by atoms with E-state index in [9.17, 15) is 18.0 Å². The van der Waals surface area contributed by atoms with Crippen LogP contribution in [0.3, 0.4) is 0 Å². The number of anilines is 1. The first kappa shape index (κ1) is 29.7. The number of benzene rings is 2. The van der Waals surface area contributed by atoms with Crippen LogP contribution in [0.1, 0.15) is 36.5 Å². The fourth-order valence-electron chi connectivity index (χ4n) is 4.49. The van der Waals surface area contributed by atoms with E-state index in [0.29, 0.717) is 48.4 Å². The molecule has 0 aliphatic carbocycles. The molecule has 0 saturated carbocycles. The van der Waals surface area contributed by atoms with Crippen LogP contribution in [-0.2, 0) is 13.0 Å². The van der Waals surface area contributed by atoms with Crippen molar-refractivity contribution in [2.24, 2.45) is 22.2 Å². The molecule has 0 bridgehead atoms. The minimum Gasteiger partial charge on any atom is -0.406 e. The number of hydrogen-bond acceptors (Lipinski definition) is 6. The van der Waals surface area contributed by atoms with Gasteiger partial charge in [0.2, 0.25) is 0 Å². The first-order valence-electron chi connectivity index (χ1n) is 13.3. The van der Waals surface area contributed by atoms with E-state index in [1.54, 1.807) is 18.3 Å². The first-order valence-corrected chi connectivity index (χ1v) is 13.3. The molecule has 13 heteroatoms. The molecule has 2 aromatic carbocycles. The second-order valence-corrected chi connectivity index (χ2v) is 10.0. The van der Waals surface area contributed by atoms with Crippen LogP contribution in [0, 0.1) is 0 Å². The monoisotopic (exact) mass is 572 g/mol. The molecular formula is C28H35F3N8O2. The maximum Gasteiger partial charge on any atom is 0.573 e. The molecule has 2 heterocycles. The summed E-state index contributed by atoms with van der Waals surface area (Å²) in [6.45, 7) is 3.80. The molecule has 2 aromatic rings. The average Bonchev–Trinajstić information content (AvgIpc) is 3.31. The number of urea groups is 1. The summed E-state index contributed by atoms with van der Waals surface area (Å²) in [7, 11) is 0. The Hall–Kier alpha value is -4.23. The summed E-state index contributed by atoms with van der Waals surface area (Å²) in [6, 6.07) is 11.6. The topological polar surface area (TPSA) is 156 Å². The Morgan fingerprint density at radius 2 is 1.90 bits per heavy atom. The number of aryl methyl sites for hydroxylation is 1. The van der Waals surface area contributed by atoms with Crippen molar-refractivity contribution in [3.8, 4) is 5.75 Å². The Bertz CT molecular complexity index is 1320. The maximum atomic E-state index is 13.0. The number of ether oxygens (including phenoxy) is 1. The number of aliphatic imine (C=N–C) groups is 1. The summed E-state index contributed by atoms with van der Waals surface area (Å²) in [4.78, 5) is 18.3. The lowest BCUT2D eigenvalue weighted by Gasteiger charge is -2.29. The zero-order valence-corrected chi connectivity index (χ0v) is 22.7. The second-order valence-electron chi connectivity index (χ2n) is 10.0. The summed E-state index contributed by atoms with van der Waals surface area (Å²) in [5.74, 6) is -0.231. The number of alkyl halides is 3. The van der Waals surface area contributed by atoms with Crippen molar-refractivity contribution in [3.63, 3.8) is 0 Å². The number of halogens is 3. The number of rotatable bonds is 12. The highest BCUT2D eigenvalue weighted by molar-refractivity contribution is 5.96. The minimum atomic E-state index is -4.82. The standard InChI is InChI=1S/C28H35F3N8O2/c1-17(32)3-4-19-11-20(13-23(12-19)41-28(29,30)31)24-14-21-16-39(27(40)38-25(21)37-24)22-7-5-18(6-8-22)15-35-9-2-10-36-26(33)34/h5-8,11-14,16-17,25,35,37H,2-4,9-10,15,32H2,1H3,(H,38,40)(H4,33,34,36)/t17-,25?/m1/s1. The van der Waals surface area contributed by atoms with Crippen LogP contribution in [0.2, 0.25) is 0 Å². The fourth-order valence-corrected chi connectivity index (χ4v) is 4.49. The Labute approximate surface area is 236 Å². The van der Waals surface area contributed by atoms with Gasteiger partial charge in [-0.3, -0.25) is 9.89 Å². The van der Waals surface area contributed by atoms with E-state index in [1.807, 2.05) is 31.2 Å². The van der Waals surface area contributed by atoms with Crippen molar-refractivity contribution in [2.75, 3.05) is 18.0 Å². The minimum absolute atomic E-state index is 0.0793. The fraction of sp³-hybridized carbons (Fsp3) is 0.357. The van der Waals surface area contributed by atoms with Gasteiger partial charge in [0, 0.05) is 42.2 Å². The molecule has 0 radical (unpaired) electrons. The van der Waals surface area contributed by atoms with Crippen LogP contribution in [0.15, 0.2) is 65.3 Å². The van der Waals surface area contributed by atoms with Gasteiger partial charge in [-0.25, -0.2) is 4.79 Å². The number of carbonyl (C=O) groups excluding carboxylic acids is 1. The van der Waals surface area contributed by atoms with Crippen LogP contribution in [0.4, 0.5) is 23.7 Å². The molecular weight excluding hydrogens is 537 g/mol. The van der Waals surface area contributed by atoms with Gasteiger partial charge in [0.1, 0.15) is 11.9 Å². The van der Waals surface area contributed by atoms with Gasteiger partial charge in [0.15, 0.2) is 5.96 Å². The van der Waals surface area contributed by atoms with E-state index in [2.05, 4.69) is 25.7 Å². The van der Waals surface area contributed by atoms with Gasteiger partial charge >= 0.3 is 12.4 Å². The third-order valence-electron chi connectivity index (χ3n) is 6.46. The smallest absolute Gasteiger partial charge is 0.406 e. The van der Waals surface area contributed by atoms with Crippen molar-refractivity contribution in [1.29, 1.82) is 0 Å². The van der Waals surface area contributed by atoms with Crippen LogP contribution >= 0.6 is 0 Å². The molecule has 4 rings (SSSR count). The molecule has 2 atom stereocenters. The van der Waals surface area contributed by atoms with Gasteiger partial charge in [0.05, 0.1) is 5.69 Å². The Morgan fingerprint density at radius 1 is 1.15 bits per heavy atom. The van der Waals surface area contributed by atoms with Crippen molar-refractivity contribution in [1.82, 2.24) is 16.0 Å². The average molecular weight is 573 g/mol. The van der Waals surface area contributed by atoms with E-state index in [0.717, 1.165) is 24.1 Å². The molecule has 0 saturated heterocycles.